The Balaban J connectivity index is 1.45. The maximum atomic E-state index is 12.7. The minimum absolute atomic E-state index is 0.0118. The molecule has 0 spiro atoms. The van der Waals surface area contributed by atoms with E-state index in [1.165, 1.54) is 64.1 Å². The summed E-state index contributed by atoms with van der Waals surface area (Å²) in [5.41, 5.74) is 1.37. The standard InChI is InChI=1S/C35H62O2Si/c1-24-14-19-35(23-36)21-20-33(8)25(26(35)22-24)12-13-28-32(7)17-16-29(37-38(10,11)30(2,3)4)31(5,6)27(32)15-18-34(28,33)9/h23-29H,12-22H2,1-11H3/t24-,25?,26-,27?,28?,29?,32-,33-,34+,35+/m0/s1. The lowest BCUT2D eigenvalue weighted by Gasteiger charge is -2.73. The molecule has 10 atom stereocenters. The van der Waals surface area contributed by atoms with Crippen LogP contribution >= 0.6 is 0 Å². The molecule has 0 N–H and O–H groups in total. The van der Waals surface area contributed by atoms with Crippen LogP contribution in [0, 0.1) is 56.7 Å². The maximum absolute atomic E-state index is 12.7. The number of aldehydes is 1. The van der Waals surface area contributed by atoms with Crippen LogP contribution in [0.3, 0.4) is 0 Å². The Morgan fingerprint density at radius 3 is 2.08 bits per heavy atom. The summed E-state index contributed by atoms with van der Waals surface area (Å²) in [6.45, 7) is 27.8. The minimum atomic E-state index is -1.81. The van der Waals surface area contributed by atoms with Gasteiger partial charge in [0.2, 0.25) is 0 Å². The average Bonchev–Trinajstić information content (AvgIpc) is 2.81. The van der Waals surface area contributed by atoms with Gasteiger partial charge in [-0.2, -0.15) is 0 Å². The zero-order valence-electron chi connectivity index (χ0n) is 27.1. The third-order valence-electron chi connectivity index (χ3n) is 15.4. The molecule has 0 aliphatic heterocycles. The lowest BCUT2D eigenvalue weighted by molar-refractivity contribution is -0.248. The Hall–Kier alpha value is -0.153. The van der Waals surface area contributed by atoms with E-state index in [4.69, 9.17) is 4.43 Å². The first-order valence-corrected chi connectivity index (χ1v) is 19.4. The van der Waals surface area contributed by atoms with Gasteiger partial charge < -0.3 is 9.22 Å². The van der Waals surface area contributed by atoms with Gasteiger partial charge in [-0.15, -0.1) is 0 Å². The van der Waals surface area contributed by atoms with E-state index in [-0.39, 0.29) is 15.9 Å². The van der Waals surface area contributed by atoms with Crippen molar-refractivity contribution < 1.29 is 9.22 Å². The molecule has 3 heteroatoms. The first-order chi connectivity index (χ1) is 17.4. The number of fused-ring (bicyclic) bond motifs is 7. The molecule has 0 aromatic carbocycles. The van der Waals surface area contributed by atoms with E-state index in [1.807, 2.05) is 0 Å². The molecule has 0 heterocycles. The molecule has 5 fully saturated rings. The van der Waals surface area contributed by atoms with Crippen LogP contribution in [0.25, 0.3) is 0 Å². The summed E-state index contributed by atoms with van der Waals surface area (Å²) in [6.07, 6.45) is 16.0. The van der Waals surface area contributed by atoms with Crippen molar-refractivity contribution in [2.75, 3.05) is 0 Å². The zero-order valence-corrected chi connectivity index (χ0v) is 28.1. The normalized spacial score (nSPS) is 50.7. The summed E-state index contributed by atoms with van der Waals surface area (Å²) < 4.78 is 7.22. The van der Waals surface area contributed by atoms with Crippen LogP contribution in [0.4, 0.5) is 0 Å². The summed E-state index contributed by atoms with van der Waals surface area (Å²) in [6, 6.07) is 0. The van der Waals surface area contributed by atoms with Gasteiger partial charge in [-0.05, 0) is 140 Å². The fourth-order valence-corrected chi connectivity index (χ4v) is 13.4. The largest absolute Gasteiger partial charge is 0.413 e. The van der Waals surface area contributed by atoms with Gasteiger partial charge in [-0.1, -0.05) is 62.3 Å². The first kappa shape index (κ1) is 29.3. The predicted molar refractivity (Wildman–Crippen MR) is 163 cm³/mol. The average molecular weight is 543 g/mol. The summed E-state index contributed by atoms with van der Waals surface area (Å²) in [5.74, 6) is 3.68. The van der Waals surface area contributed by atoms with Crippen molar-refractivity contribution in [1.29, 1.82) is 0 Å². The molecule has 5 saturated carbocycles. The molecule has 5 aliphatic rings. The number of carbonyl (C=O) groups excluding carboxylic acids is 1. The van der Waals surface area contributed by atoms with E-state index >= 15 is 0 Å². The Kier molecular flexibility index (Phi) is 6.89. The van der Waals surface area contributed by atoms with Gasteiger partial charge in [0, 0.05) is 5.41 Å². The van der Waals surface area contributed by atoms with Gasteiger partial charge in [0.25, 0.3) is 0 Å². The highest BCUT2D eigenvalue weighted by atomic mass is 28.4. The van der Waals surface area contributed by atoms with E-state index in [9.17, 15) is 4.79 Å². The number of carbonyl (C=O) groups is 1. The van der Waals surface area contributed by atoms with Gasteiger partial charge in [0.05, 0.1) is 6.10 Å². The van der Waals surface area contributed by atoms with E-state index in [2.05, 4.69) is 75.4 Å². The molecule has 218 valence electrons. The molecular weight excluding hydrogens is 480 g/mol. The molecule has 0 amide bonds. The predicted octanol–water partition coefficient (Wildman–Crippen LogP) is 10.1. The molecule has 0 aromatic heterocycles. The highest BCUT2D eigenvalue weighted by molar-refractivity contribution is 6.74. The molecule has 0 bridgehead atoms. The lowest BCUT2D eigenvalue weighted by Crippen LogP contribution is -2.67. The van der Waals surface area contributed by atoms with Crippen molar-refractivity contribution in [2.24, 2.45) is 56.7 Å². The topological polar surface area (TPSA) is 26.3 Å². The third-order valence-corrected chi connectivity index (χ3v) is 19.9. The molecule has 0 saturated heterocycles. The van der Waals surface area contributed by atoms with Crippen molar-refractivity contribution >= 4 is 14.6 Å². The van der Waals surface area contributed by atoms with Gasteiger partial charge >= 0.3 is 0 Å². The molecule has 0 aromatic rings. The molecule has 0 radical (unpaired) electrons. The van der Waals surface area contributed by atoms with Gasteiger partial charge in [0.1, 0.15) is 6.29 Å². The lowest BCUT2D eigenvalue weighted by atomic mass is 9.32. The fraction of sp³-hybridized carbons (Fsp3) is 0.971. The monoisotopic (exact) mass is 542 g/mol. The summed E-state index contributed by atoms with van der Waals surface area (Å²) in [5, 5.41) is 0.260. The minimum Gasteiger partial charge on any atom is -0.413 e. The maximum Gasteiger partial charge on any atom is 0.192 e. The number of hydrogen-bond acceptors (Lipinski definition) is 2. The second-order valence-corrected chi connectivity index (χ2v) is 23.0. The van der Waals surface area contributed by atoms with Gasteiger partial charge in [0.15, 0.2) is 8.32 Å². The van der Waals surface area contributed by atoms with Crippen molar-refractivity contribution in [3.8, 4) is 0 Å². The molecule has 5 rings (SSSR count). The van der Waals surface area contributed by atoms with Crippen LogP contribution in [0.1, 0.15) is 133 Å². The highest BCUT2D eigenvalue weighted by Crippen LogP contribution is 2.76. The SMILES string of the molecule is C[C@H]1CC[C@]2(C=O)CC[C@@]3(C)C(CCC4[C@@]5(C)CCC(O[Si](C)(C)C(C)(C)C)C(C)(C)C5CC[C@]43C)[C@@H]2C1. The van der Waals surface area contributed by atoms with E-state index in [1.54, 1.807) is 0 Å². The Labute approximate surface area is 237 Å². The molecule has 2 nitrogen and oxygen atoms in total. The van der Waals surface area contributed by atoms with Gasteiger partial charge in [-0.3, -0.25) is 0 Å². The second-order valence-electron chi connectivity index (χ2n) is 18.2. The van der Waals surface area contributed by atoms with E-state index in [0.29, 0.717) is 28.3 Å². The van der Waals surface area contributed by atoms with Gasteiger partial charge in [-0.25, -0.2) is 0 Å². The van der Waals surface area contributed by atoms with Crippen LogP contribution in [-0.4, -0.2) is 20.7 Å². The molecule has 5 aliphatic carbocycles. The summed E-state index contributed by atoms with van der Waals surface area (Å²) in [4.78, 5) is 12.7. The molecule has 4 unspecified atom stereocenters. The highest BCUT2D eigenvalue weighted by Gasteiger charge is 2.70. The summed E-state index contributed by atoms with van der Waals surface area (Å²) >= 11 is 0. The smallest absolute Gasteiger partial charge is 0.192 e. The Morgan fingerprint density at radius 2 is 1.45 bits per heavy atom. The Morgan fingerprint density at radius 1 is 0.763 bits per heavy atom. The number of rotatable bonds is 3. The second kappa shape index (κ2) is 8.92. The van der Waals surface area contributed by atoms with E-state index < -0.39 is 8.32 Å². The van der Waals surface area contributed by atoms with Crippen LogP contribution in [0.5, 0.6) is 0 Å². The van der Waals surface area contributed by atoms with Crippen LogP contribution in [0.2, 0.25) is 18.1 Å². The Bertz CT molecular complexity index is 933. The first-order valence-electron chi connectivity index (χ1n) is 16.5. The fourth-order valence-electron chi connectivity index (χ4n) is 11.9. The van der Waals surface area contributed by atoms with Crippen LogP contribution in [0.15, 0.2) is 0 Å². The van der Waals surface area contributed by atoms with Crippen molar-refractivity contribution in [1.82, 2.24) is 0 Å². The quantitative estimate of drug-likeness (QED) is 0.262. The van der Waals surface area contributed by atoms with Crippen molar-refractivity contribution in [3.63, 3.8) is 0 Å². The van der Waals surface area contributed by atoms with Crippen LogP contribution < -0.4 is 0 Å². The molecule has 38 heavy (non-hydrogen) atoms. The van der Waals surface area contributed by atoms with Crippen LogP contribution in [-0.2, 0) is 9.22 Å². The van der Waals surface area contributed by atoms with Crippen molar-refractivity contribution in [2.45, 2.75) is 157 Å². The zero-order chi connectivity index (χ0) is 28.2. The number of hydrogen-bond donors (Lipinski definition) is 0. The summed E-state index contributed by atoms with van der Waals surface area (Å²) in [7, 11) is -1.81. The van der Waals surface area contributed by atoms with E-state index in [0.717, 1.165) is 36.5 Å². The third kappa shape index (κ3) is 3.89. The van der Waals surface area contributed by atoms with Crippen molar-refractivity contribution in [3.05, 3.63) is 0 Å². The molecular formula is C35H62O2Si.